The van der Waals surface area contributed by atoms with Crippen LogP contribution in [0.15, 0.2) is 24.3 Å². The summed E-state index contributed by atoms with van der Waals surface area (Å²) in [4.78, 5) is 25.8. The number of aryl methyl sites for hydroxylation is 1. The van der Waals surface area contributed by atoms with Crippen LogP contribution in [0.5, 0.6) is 0 Å². The third kappa shape index (κ3) is 3.84. The molecule has 3 rings (SSSR count). The average Bonchev–Trinajstić information content (AvgIpc) is 2.94. The van der Waals surface area contributed by atoms with E-state index in [9.17, 15) is 9.59 Å². The van der Waals surface area contributed by atoms with Gasteiger partial charge in [0.15, 0.2) is 0 Å². The van der Waals surface area contributed by atoms with Gasteiger partial charge >= 0.3 is 6.09 Å². The molecule has 1 saturated carbocycles. The molecule has 0 radical (unpaired) electrons. The van der Waals surface area contributed by atoms with Crippen LogP contribution in [0.4, 0.5) is 10.5 Å². The Hall–Kier alpha value is -2.04. The Morgan fingerprint density at radius 3 is 2.83 bits per heavy atom. The van der Waals surface area contributed by atoms with E-state index in [2.05, 4.69) is 5.32 Å². The predicted octanol–water partition coefficient (Wildman–Crippen LogP) is 3.02. The van der Waals surface area contributed by atoms with Gasteiger partial charge in [-0.15, -0.1) is 0 Å². The van der Waals surface area contributed by atoms with E-state index in [0.717, 1.165) is 36.9 Å². The lowest BCUT2D eigenvalue weighted by molar-refractivity contribution is -0.126. The van der Waals surface area contributed by atoms with Gasteiger partial charge in [0, 0.05) is 11.6 Å². The molecule has 1 atom stereocenters. The van der Waals surface area contributed by atoms with Crippen LogP contribution in [-0.2, 0) is 9.53 Å². The fraction of sp³-hybridized carbons (Fsp3) is 0.556. The number of nitrogens with one attached hydrogen (secondary N) is 1. The predicted molar refractivity (Wildman–Crippen MR) is 88.4 cm³/mol. The van der Waals surface area contributed by atoms with E-state index in [1.807, 2.05) is 31.2 Å². The first-order valence-electron chi connectivity index (χ1n) is 8.46. The first kappa shape index (κ1) is 15.8. The molecular weight excluding hydrogens is 292 g/mol. The lowest BCUT2D eigenvalue weighted by Crippen LogP contribution is -2.38. The highest BCUT2D eigenvalue weighted by molar-refractivity contribution is 5.90. The van der Waals surface area contributed by atoms with Crippen LogP contribution in [0.2, 0.25) is 0 Å². The van der Waals surface area contributed by atoms with Crippen LogP contribution < -0.4 is 10.2 Å². The van der Waals surface area contributed by atoms with Crippen LogP contribution in [0.1, 0.15) is 37.7 Å². The topological polar surface area (TPSA) is 58.6 Å². The number of carbonyl (C=O) groups is 2. The maximum absolute atomic E-state index is 12.2. The van der Waals surface area contributed by atoms with E-state index in [4.69, 9.17) is 4.74 Å². The van der Waals surface area contributed by atoms with E-state index in [0.29, 0.717) is 13.1 Å². The van der Waals surface area contributed by atoms with Crippen molar-refractivity contribution >= 4 is 17.7 Å². The standard InChI is InChI=1S/C18H24N2O3/c1-13-6-5-9-15(10-13)20-12-16(23-18(20)22)11-19-17(21)14-7-3-2-4-8-14/h5-6,9-10,14,16H,2-4,7-8,11-12H2,1H3,(H,19,21). The lowest BCUT2D eigenvalue weighted by Gasteiger charge is -2.21. The number of carbonyl (C=O) groups excluding carboxylic acids is 2. The molecule has 1 heterocycles. The average molecular weight is 316 g/mol. The molecule has 0 bridgehead atoms. The summed E-state index contributed by atoms with van der Waals surface area (Å²) in [6.07, 6.45) is 4.84. The highest BCUT2D eigenvalue weighted by Gasteiger charge is 2.33. The molecule has 2 fully saturated rings. The van der Waals surface area contributed by atoms with Crippen molar-refractivity contribution in [2.75, 3.05) is 18.0 Å². The number of benzene rings is 1. The van der Waals surface area contributed by atoms with Crippen LogP contribution in [0.3, 0.4) is 0 Å². The number of ether oxygens (including phenoxy) is 1. The Bertz CT molecular complexity index is 581. The maximum Gasteiger partial charge on any atom is 0.414 e. The van der Waals surface area contributed by atoms with Crippen LogP contribution >= 0.6 is 0 Å². The van der Waals surface area contributed by atoms with Gasteiger partial charge in [-0.3, -0.25) is 9.69 Å². The minimum Gasteiger partial charge on any atom is -0.442 e. The largest absolute Gasteiger partial charge is 0.442 e. The Morgan fingerprint density at radius 1 is 1.30 bits per heavy atom. The molecule has 1 N–H and O–H groups in total. The van der Waals surface area contributed by atoms with Gasteiger partial charge in [0.05, 0.1) is 13.1 Å². The van der Waals surface area contributed by atoms with Gasteiger partial charge in [0.2, 0.25) is 5.91 Å². The highest BCUT2D eigenvalue weighted by atomic mass is 16.6. The molecule has 1 aliphatic heterocycles. The van der Waals surface area contributed by atoms with Crippen molar-refractivity contribution < 1.29 is 14.3 Å². The second-order valence-electron chi connectivity index (χ2n) is 6.54. The molecule has 23 heavy (non-hydrogen) atoms. The maximum atomic E-state index is 12.2. The lowest BCUT2D eigenvalue weighted by atomic mass is 9.88. The fourth-order valence-corrected chi connectivity index (χ4v) is 3.36. The van der Waals surface area contributed by atoms with Gasteiger partial charge in [0.1, 0.15) is 6.10 Å². The number of hydrogen-bond acceptors (Lipinski definition) is 3. The summed E-state index contributed by atoms with van der Waals surface area (Å²) < 4.78 is 5.38. The zero-order valence-corrected chi connectivity index (χ0v) is 13.6. The van der Waals surface area contributed by atoms with Gasteiger partial charge in [-0.1, -0.05) is 31.4 Å². The monoisotopic (exact) mass is 316 g/mol. The normalized spacial score (nSPS) is 22.0. The van der Waals surface area contributed by atoms with Crippen molar-refractivity contribution in [3.05, 3.63) is 29.8 Å². The summed E-state index contributed by atoms with van der Waals surface area (Å²) in [5.74, 6) is 0.239. The molecule has 2 amide bonds. The molecule has 1 aromatic carbocycles. The van der Waals surface area contributed by atoms with Gasteiger partial charge in [-0.2, -0.15) is 0 Å². The zero-order chi connectivity index (χ0) is 16.2. The van der Waals surface area contributed by atoms with Crippen molar-refractivity contribution in [3.8, 4) is 0 Å². The molecule has 1 aromatic rings. The number of rotatable bonds is 4. The van der Waals surface area contributed by atoms with E-state index in [1.165, 1.54) is 6.42 Å². The Labute approximate surface area is 137 Å². The van der Waals surface area contributed by atoms with Gasteiger partial charge in [-0.05, 0) is 37.5 Å². The van der Waals surface area contributed by atoms with Crippen molar-refractivity contribution in [3.63, 3.8) is 0 Å². The zero-order valence-electron chi connectivity index (χ0n) is 13.6. The summed E-state index contributed by atoms with van der Waals surface area (Å²) in [6, 6.07) is 7.78. The van der Waals surface area contributed by atoms with E-state index in [-0.39, 0.29) is 24.0 Å². The molecule has 1 aliphatic carbocycles. The summed E-state index contributed by atoms with van der Waals surface area (Å²) in [5, 5.41) is 2.96. The van der Waals surface area contributed by atoms with Crippen molar-refractivity contribution in [2.45, 2.75) is 45.1 Å². The third-order valence-electron chi connectivity index (χ3n) is 4.67. The molecule has 1 saturated heterocycles. The second kappa shape index (κ2) is 7.02. The van der Waals surface area contributed by atoms with E-state index < -0.39 is 0 Å². The van der Waals surface area contributed by atoms with Crippen LogP contribution in [-0.4, -0.2) is 31.2 Å². The number of nitrogens with zero attached hydrogens (tertiary/aromatic N) is 1. The highest BCUT2D eigenvalue weighted by Crippen LogP contribution is 2.24. The van der Waals surface area contributed by atoms with Crippen molar-refractivity contribution in [2.24, 2.45) is 5.92 Å². The summed E-state index contributed by atoms with van der Waals surface area (Å²) in [5.41, 5.74) is 1.94. The SMILES string of the molecule is Cc1cccc(N2CC(CNC(=O)C3CCCCC3)OC2=O)c1. The fourth-order valence-electron chi connectivity index (χ4n) is 3.36. The molecule has 0 aromatic heterocycles. The Balaban J connectivity index is 1.52. The molecule has 124 valence electrons. The number of anilines is 1. The second-order valence-corrected chi connectivity index (χ2v) is 6.54. The van der Waals surface area contributed by atoms with E-state index in [1.54, 1.807) is 4.90 Å². The summed E-state index contributed by atoms with van der Waals surface area (Å²) >= 11 is 0. The Kier molecular flexibility index (Phi) is 4.84. The minimum atomic E-state index is -0.340. The molecule has 5 heteroatoms. The van der Waals surface area contributed by atoms with Gasteiger partial charge in [-0.25, -0.2) is 4.79 Å². The van der Waals surface area contributed by atoms with Gasteiger partial charge in [0.25, 0.3) is 0 Å². The summed E-state index contributed by atoms with van der Waals surface area (Å²) in [6.45, 7) is 2.86. The Morgan fingerprint density at radius 2 is 2.09 bits per heavy atom. The third-order valence-corrected chi connectivity index (χ3v) is 4.67. The van der Waals surface area contributed by atoms with Crippen molar-refractivity contribution in [1.29, 1.82) is 0 Å². The molecule has 0 spiro atoms. The first-order valence-corrected chi connectivity index (χ1v) is 8.46. The summed E-state index contributed by atoms with van der Waals surface area (Å²) in [7, 11) is 0. The number of cyclic esters (lactones) is 1. The molecule has 2 aliphatic rings. The van der Waals surface area contributed by atoms with Crippen molar-refractivity contribution in [1.82, 2.24) is 5.32 Å². The van der Waals surface area contributed by atoms with Crippen LogP contribution in [0.25, 0.3) is 0 Å². The van der Waals surface area contributed by atoms with E-state index >= 15 is 0 Å². The number of hydrogen-bond donors (Lipinski definition) is 1. The minimum absolute atomic E-state index is 0.106. The smallest absolute Gasteiger partial charge is 0.414 e. The molecule has 5 nitrogen and oxygen atoms in total. The molecule has 1 unspecified atom stereocenters. The number of amides is 2. The molecular formula is C18H24N2O3. The quantitative estimate of drug-likeness (QED) is 0.929. The van der Waals surface area contributed by atoms with Crippen LogP contribution in [0, 0.1) is 12.8 Å². The first-order chi connectivity index (χ1) is 11.1. The van der Waals surface area contributed by atoms with Gasteiger partial charge < -0.3 is 10.1 Å².